The van der Waals surface area contributed by atoms with Crippen LogP contribution in [0.3, 0.4) is 0 Å². The molecule has 0 unspecified atom stereocenters. The Morgan fingerprint density at radius 3 is 2.36 bits per heavy atom. The molecule has 0 fully saturated rings. The van der Waals surface area contributed by atoms with Gasteiger partial charge in [0.05, 0.1) is 16.3 Å². The summed E-state index contributed by atoms with van der Waals surface area (Å²) in [7, 11) is -3.29. The highest BCUT2D eigenvalue weighted by Gasteiger charge is 2.12. The minimum Gasteiger partial charge on any atom is -0.316 e. The first kappa shape index (κ1) is 18.6. The summed E-state index contributed by atoms with van der Waals surface area (Å²) >= 11 is 0. The number of nitrogens with one attached hydrogen (secondary N) is 1. The van der Waals surface area contributed by atoms with Crippen molar-refractivity contribution in [2.75, 3.05) is 19.3 Å². The van der Waals surface area contributed by atoms with Crippen LogP contribution >= 0.6 is 0 Å². The predicted octanol–water partition coefficient (Wildman–Crippen LogP) is 1.99. The summed E-state index contributed by atoms with van der Waals surface area (Å²) in [6.07, 6.45) is 3.13. The molecule has 0 spiro atoms. The third kappa shape index (κ3) is 3.76. The number of rotatable bonds is 3. The number of fused-ring (bicyclic) bond motifs is 1. The Morgan fingerprint density at radius 2 is 1.64 bits per heavy atom. The molecule has 0 saturated carbocycles. The fourth-order valence-electron chi connectivity index (χ4n) is 3.42. The Morgan fingerprint density at radius 1 is 0.929 bits per heavy atom. The molecule has 0 aliphatic carbocycles. The summed E-state index contributed by atoms with van der Waals surface area (Å²) in [5, 5.41) is 7.92. The maximum absolute atomic E-state index is 12.3. The van der Waals surface area contributed by atoms with E-state index in [4.69, 9.17) is 0 Å². The van der Waals surface area contributed by atoms with E-state index in [0.29, 0.717) is 11.4 Å². The van der Waals surface area contributed by atoms with Gasteiger partial charge in [-0.15, -0.1) is 0 Å². The Balaban J connectivity index is 1.74. The van der Waals surface area contributed by atoms with E-state index in [9.17, 15) is 13.2 Å². The molecule has 6 nitrogen and oxygen atoms in total. The monoisotopic (exact) mass is 395 g/mol. The van der Waals surface area contributed by atoms with Gasteiger partial charge in [-0.2, -0.15) is 9.78 Å². The molecule has 1 aliphatic heterocycles. The Bertz CT molecular complexity index is 1180. The average Bonchev–Trinajstić information content (AvgIpc) is 2.92. The second-order valence-corrected chi connectivity index (χ2v) is 8.98. The van der Waals surface area contributed by atoms with Crippen LogP contribution in [0.4, 0.5) is 0 Å². The van der Waals surface area contributed by atoms with Gasteiger partial charge < -0.3 is 5.32 Å². The average molecular weight is 395 g/mol. The third-order valence-corrected chi connectivity index (χ3v) is 6.08. The predicted molar refractivity (Wildman–Crippen MR) is 109 cm³/mol. The largest absolute Gasteiger partial charge is 0.316 e. The molecule has 3 aromatic rings. The Hall–Kier alpha value is -2.77. The van der Waals surface area contributed by atoms with E-state index < -0.39 is 9.84 Å². The molecule has 7 heteroatoms. The molecule has 2 aromatic carbocycles. The standard InChI is InChI=1S/C21H21N3O3S/c1-28(26,27)19-6-4-18(5-7-19)24-21(25)9-8-20(23-24)17-3-2-15-10-12-22-13-11-16(15)14-17/h2-9,14,22H,10-13H2,1H3. The van der Waals surface area contributed by atoms with Gasteiger partial charge in [0.25, 0.3) is 5.56 Å². The van der Waals surface area contributed by atoms with E-state index in [0.717, 1.165) is 37.8 Å². The van der Waals surface area contributed by atoms with E-state index in [2.05, 4.69) is 22.5 Å². The van der Waals surface area contributed by atoms with Gasteiger partial charge in [-0.3, -0.25) is 4.79 Å². The number of hydrogen-bond acceptors (Lipinski definition) is 5. The van der Waals surface area contributed by atoms with E-state index in [1.54, 1.807) is 18.2 Å². The summed E-state index contributed by atoms with van der Waals surface area (Å²) in [6, 6.07) is 15.7. The first-order valence-electron chi connectivity index (χ1n) is 9.15. The van der Waals surface area contributed by atoms with Gasteiger partial charge in [0.2, 0.25) is 0 Å². The highest BCUT2D eigenvalue weighted by Crippen LogP contribution is 2.22. The first-order chi connectivity index (χ1) is 13.4. The summed E-state index contributed by atoms with van der Waals surface area (Å²) in [5.41, 5.74) is 4.57. The van der Waals surface area contributed by atoms with Crippen molar-refractivity contribution in [3.05, 3.63) is 76.1 Å². The fourth-order valence-corrected chi connectivity index (χ4v) is 4.05. The van der Waals surface area contributed by atoms with E-state index in [1.807, 2.05) is 6.07 Å². The molecular formula is C21H21N3O3S. The molecule has 0 radical (unpaired) electrons. The van der Waals surface area contributed by atoms with Crippen LogP contribution in [0, 0.1) is 0 Å². The SMILES string of the molecule is CS(=O)(=O)c1ccc(-n2nc(-c3ccc4c(c3)CCNCC4)ccc2=O)cc1. The lowest BCUT2D eigenvalue weighted by molar-refractivity contribution is 0.602. The molecule has 4 rings (SSSR count). The first-order valence-corrected chi connectivity index (χ1v) is 11.0. The topological polar surface area (TPSA) is 81.1 Å². The Labute approximate surface area is 163 Å². The molecule has 2 heterocycles. The van der Waals surface area contributed by atoms with Gasteiger partial charge in [-0.05, 0) is 73.5 Å². The van der Waals surface area contributed by atoms with Crippen LogP contribution in [-0.4, -0.2) is 37.5 Å². The van der Waals surface area contributed by atoms with E-state index in [-0.39, 0.29) is 10.5 Å². The number of nitrogens with zero attached hydrogens (tertiary/aromatic N) is 2. The summed E-state index contributed by atoms with van der Waals surface area (Å²) in [5.74, 6) is 0. The van der Waals surface area contributed by atoms with Gasteiger partial charge in [-0.25, -0.2) is 8.42 Å². The molecular weight excluding hydrogens is 374 g/mol. The van der Waals surface area contributed by atoms with Crippen molar-refractivity contribution in [1.29, 1.82) is 0 Å². The highest BCUT2D eigenvalue weighted by molar-refractivity contribution is 7.90. The lowest BCUT2D eigenvalue weighted by Gasteiger charge is -2.10. The summed E-state index contributed by atoms with van der Waals surface area (Å²) < 4.78 is 24.6. The number of hydrogen-bond donors (Lipinski definition) is 1. The zero-order valence-electron chi connectivity index (χ0n) is 15.6. The zero-order chi connectivity index (χ0) is 19.7. The van der Waals surface area contributed by atoms with E-state index >= 15 is 0 Å². The number of benzene rings is 2. The van der Waals surface area contributed by atoms with Gasteiger partial charge in [0.15, 0.2) is 9.84 Å². The smallest absolute Gasteiger partial charge is 0.271 e. The van der Waals surface area contributed by atoms with Crippen molar-refractivity contribution in [2.24, 2.45) is 0 Å². The fraction of sp³-hybridized carbons (Fsp3) is 0.238. The maximum Gasteiger partial charge on any atom is 0.271 e. The third-order valence-electron chi connectivity index (χ3n) is 4.95. The lowest BCUT2D eigenvalue weighted by Crippen LogP contribution is -2.20. The van der Waals surface area contributed by atoms with Crippen molar-refractivity contribution in [3.8, 4) is 16.9 Å². The summed E-state index contributed by atoms with van der Waals surface area (Å²) in [6.45, 7) is 1.94. The van der Waals surface area contributed by atoms with Crippen LogP contribution in [-0.2, 0) is 22.7 Å². The van der Waals surface area contributed by atoms with Gasteiger partial charge in [0, 0.05) is 17.9 Å². The second kappa shape index (κ2) is 7.33. The minimum atomic E-state index is -3.29. The van der Waals surface area contributed by atoms with Gasteiger partial charge >= 0.3 is 0 Å². The second-order valence-electron chi connectivity index (χ2n) is 6.97. The molecule has 1 aliphatic rings. The molecule has 1 aromatic heterocycles. The van der Waals surface area contributed by atoms with Crippen LogP contribution in [0.25, 0.3) is 16.9 Å². The van der Waals surface area contributed by atoms with Crippen molar-refractivity contribution in [3.63, 3.8) is 0 Å². The maximum atomic E-state index is 12.3. The Kier molecular flexibility index (Phi) is 4.87. The number of sulfone groups is 1. The van der Waals surface area contributed by atoms with Crippen LogP contribution < -0.4 is 10.9 Å². The minimum absolute atomic E-state index is 0.208. The molecule has 0 amide bonds. The molecule has 144 valence electrons. The van der Waals surface area contributed by atoms with Crippen molar-refractivity contribution >= 4 is 9.84 Å². The lowest BCUT2D eigenvalue weighted by atomic mass is 9.99. The van der Waals surface area contributed by atoms with Crippen LogP contribution in [0.2, 0.25) is 0 Å². The van der Waals surface area contributed by atoms with E-state index in [1.165, 1.54) is 34.0 Å². The quantitative estimate of drug-likeness (QED) is 0.734. The van der Waals surface area contributed by atoms with Gasteiger partial charge in [0.1, 0.15) is 0 Å². The normalized spacial score (nSPS) is 14.3. The molecule has 1 N–H and O–H groups in total. The van der Waals surface area contributed by atoms with Crippen molar-refractivity contribution in [2.45, 2.75) is 17.7 Å². The molecule has 0 atom stereocenters. The zero-order valence-corrected chi connectivity index (χ0v) is 16.4. The molecule has 28 heavy (non-hydrogen) atoms. The molecule has 0 saturated heterocycles. The van der Waals surface area contributed by atoms with Crippen molar-refractivity contribution in [1.82, 2.24) is 15.1 Å². The van der Waals surface area contributed by atoms with Crippen LogP contribution in [0.5, 0.6) is 0 Å². The van der Waals surface area contributed by atoms with Crippen LogP contribution in [0.1, 0.15) is 11.1 Å². The van der Waals surface area contributed by atoms with Gasteiger partial charge in [-0.1, -0.05) is 12.1 Å². The van der Waals surface area contributed by atoms with Crippen LogP contribution in [0.15, 0.2) is 64.3 Å². The highest BCUT2D eigenvalue weighted by atomic mass is 32.2. The number of aromatic nitrogens is 2. The molecule has 0 bridgehead atoms. The summed E-state index contributed by atoms with van der Waals surface area (Å²) in [4.78, 5) is 12.5. The van der Waals surface area contributed by atoms with Crippen molar-refractivity contribution < 1.29 is 8.42 Å².